The molecule has 9 heteroatoms. The van der Waals surface area contributed by atoms with E-state index in [1.54, 1.807) is 56.7 Å². The highest BCUT2D eigenvalue weighted by atomic mass is 35.5. The van der Waals surface area contributed by atoms with Crippen LogP contribution in [0.3, 0.4) is 0 Å². The van der Waals surface area contributed by atoms with Crippen LogP contribution in [0.25, 0.3) is 16.6 Å². The van der Waals surface area contributed by atoms with Gasteiger partial charge in [-0.25, -0.2) is 4.98 Å². The largest absolute Gasteiger partial charge is 0.493 e. The molecular formula is C26H24ClN3O4S. The third-order valence-electron chi connectivity index (χ3n) is 5.35. The molecule has 0 fully saturated rings. The molecule has 0 aliphatic heterocycles. The molecule has 4 rings (SSSR count). The Morgan fingerprint density at radius 1 is 1.03 bits per heavy atom. The van der Waals surface area contributed by atoms with Crippen LogP contribution in [-0.2, 0) is 11.2 Å². The fraction of sp³-hybridized carbons (Fsp3) is 0.192. The summed E-state index contributed by atoms with van der Waals surface area (Å²) < 4.78 is 12.1. The van der Waals surface area contributed by atoms with E-state index in [2.05, 4.69) is 10.3 Å². The average molecular weight is 510 g/mol. The van der Waals surface area contributed by atoms with Crippen LogP contribution < -0.4 is 20.3 Å². The number of benzene rings is 3. The number of aromatic nitrogens is 2. The Hall–Kier alpha value is -3.49. The first-order valence-electron chi connectivity index (χ1n) is 10.9. The summed E-state index contributed by atoms with van der Waals surface area (Å²) in [7, 11) is 3.18. The second-order valence-corrected chi connectivity index (χ2v) is 8.99. The Morgan fingerprint density at radius 3 is 2.51 bits per heavy atom. The smallest absolute Gasteiger partial charge is 0.266 e. The summed E-state index contributed by atoms with van der Waals surface area (Å²) in [6.45, 7) is 0.462. The third-order valence-corrected chi connectivity index (χ3v) is 6.54. The number of hydrogen-bond acceptors (Lipinski definition) is 6. The van der Waals surface area contributed by atoms with E-state index < -0.39 is 0 Å². The molecule has 0 aliphatic rings. The summed E-state index contributed by atoms with van der Waals surface area (Å²) in [5.41, 5.74) is 2.03. The normalized spacial score (nSPS) is 10.8. The van der Waals surface area contributed by atoms with Crippen LogP contribution in [0.15, 0.2) is 76.7 Å². The van der Waals surface area contributed by atoms with E-state index in [4.69, 9.17) is 21.1 Å². The number of carbonyl (C=O) groups is 1. The fourth-order valence-electron chi connectivity index (χ4n) is 3.59. The molecule has 0 aliphatic carbocycles. The number of fused-ring (bicyclic) bond motifs is 1. The summed E-state index contributed by atoms with van der Waals surface area (Å²) in [6, 6.07) is 19.8. The van der Waals surface area contributed by atoms with Crippen LogP contribution >= 0.6 is 23.4 Å². The van der Waals surface area contributed by atoms with Crippen LogP contribution in [0, 0.1) is 0 Å². The predicted octanol–water partition coefficient (Wildman–Crippen LogP) is 4.51. The van der Waals surface area contributed by atoms with Gasteiger partial charge in [0.1, 0.15) is 0 Å². The second-order valence-electron chi connectivity index (χ2n) is 7.61. The SMILES string of the molecule is COc1ccc(CCNC(=O)CSc2nc3ccccc3c(=O)n2-c2ccc(Cl)cc2)cc1OC. The molecule has 0 saturated heterocycles. The Labute approximate surface area is 212 Å². The number of rotatable bonds is 9. The molecule has 0 atom stereocenters. The van der Waals surface area contributed by atoms with E-state index in [1.165, 1.54) is 16.3 Å². The molecule has 7 nitrogen and oxygen atoms in total. The number of thioether (sulfide) groups is 1. The molecule has 0 unspecified atom stereocenters. The van der Waals surface area contributed by atoms with Crippen LogP contribution in [0.4, 0.5) is 0 Å². The van der Waals surface area contributed by atoms with Crippen molar-refractivity contribution in [2.75, 3.05) is 26.5 Å². The number of ether oxygens (including phenoxy) is 2. The molecule has 1 N–H and O–H groups in total. The summed E-state index contributed by atoms with van der Waals surface area (Å²) >= 11 is 7.24. The minimum absolute atomic E-state index is 0.115. The molecule has 0 radical (unpaired) electrons. The summed E-state index contributed by atoms with van der Waals surface area (Å²) in [5.74, 6) is 1.27. The number of hydrogen-bond donors (Lipinski definition) is 1. The number of nitrogens with one attached hydrogen (secondary N) is 1. The van der Waals surface area contributed by atoms with E-state index >= 15 is 0 Å². The number of para-hydroxylation sites is 1. The maximum atomic E-state index is 13.3. The van der Waals surface area contributed by atoms with Crippen molar-refractivity contribution < 1.29 is 14.3 Å². The van der Waals surface area contributed by atoms with Gasteiger partial charge in [-0.05, 0) is 60.5 Å². The second kappa shape index (κ2) is 11.3. The summed E-state index contributed by atoms with van der Waals surface area (Å²) in [5, 5.41) is 4.43. The minimum atomic E-state index is -0.200. The minimum Gasteiger partial charge on any atom is -0.493 e. The van der Waals surface area contributed by atoms with E-state index in [-0.39, 0.29) is 17.2 Å². The summed E-state index contributed by atoms with van der Waals surface area (Å²) in [6.07, 6.45) is 0.639. The Morgan fingerprint density at radius 2 is 1.77 bits per heavy atom. The molecule has 0 saturated carbocycles. The highest BCUT2D eigenvalue weighted by Gasteiger charge is 2.15. The zero-order valence-corrected chi connectivity index (χ0v) is 20.9. The van der Waals surface area contributed by atoms with Gasteiger partial charge in [-0.1, -0.05) is 41.6 Å². The monoisotopic (exact) mass is 509 g/mol. The van der Waals surface area contributed by atoms with E-state index in [0.29, 0.717) is 51.2 Å². The number of nitrogens with zero attached hydrogens (tertiary/aromatic N) is 2. The van der Waals surface area contributed by atoms with Gasteiger partial charge in [0.25, 0.3) is 5.56 Å². The van der Waals surface area contributed by atoms with Gasteiger partial charge in [0.05, 0.1) is 36.6 Å². The van der Waals surface area contributed by atoms with Crippen LogP contribution in [0.2, 0.25) is 5.02 Å². The van der Waals surface area contributed by atoms with E-state index in [9.17, 15) is 9.59 Å². The zero-order chi connectivity index (χ0) is 24.8. The lowest BCUT2D eigenvalue weighted by Crippen LogP contribution is -2.28. The molecule has 35 heavy (non-hydrogen) atoms. The molecule has 1 heterocycles. The van der Waals surface area contributed by atoms with Gasteiger partial charge in [-0.3, -0.25) is 14.2 Å². The van der Waals surface area contributed by atoms with Gasteiger partial charge in [0.2, 0.25) is 5.91 Å². The summed E-state index contributed by atoms with van der Waals surface area (Å²) in [4.78, 5) is 30.5. The first-order chi connectivity index (χ1) is 17.0. The first kappa shape index (κ1) is 24.6. The standard InChI is InChI=1S/C26H24ClN3O4S/c1-33-22-12-7-17(15-23(22)34-2)13-14-28-24(31)16-35-26-29-21-6-4-3-5-20(21)25(32)30(26)19-10-8-18(27)9-11-19/h3-12,15H,13-14,16H2,1-2H3,(H,28,31). The van der Waals surface area contributed by atoms with Crippen molar-refractivity contribution in [3.8, 4) is 17.2 Å². The highest BCUT2D eigenvalue weighted by Crippen LogP contribution is 2.27. The van der Waals surface area contributed by atoms with Gasteiger partial charge in [0.15, 0.2) is 16.7 Å². The lowest BCUT2D eigenvalue weighted by molar-refractivity contribution is -0.118. The number of halogens is 1. The number of methoxy groups -OCH3 is 2. The molecule has 0 bridgehead atoms. The highest BCUT2D eigenvalue weighted by molar-refractivity contribution is 7.99. The fourth-order valence-corrected chi connectivity index (χ4v) is 4.56. The quantitative estimate of drug-likeness (QED) is 0.264. The van der Waals surface area contributed by atoms with Crippen molar-refractivity contribution in [3.05, 3.63) is 87.7 Å². The Bertz CT molecular complexity index is 1410. The Balaban J connectivity index is 1.46. The lowest BCUT2D eigenvalue weighted by atomic mass is 10.1. The molecule has 3 aromatic carbocycles. The maximum Gasteiger partial charge on any atom is 0.266 e. The van der Waals surface area contributed by atoms with Gasteiger partial charge in [0, 0.05) is 11.6 Å². The van der Waals surface area contributed by atoms with Gasteiger partial charge in [-0.2, -0.15) is 0 Å². The molecule has 1 amide bonds. The number of amides is 1. The van der Waals surface area contributed by atoms with E-state index in [0.717, 1.165) is 5.56 Å². The molecular weight excluding hydrogens is 486 g/mol. The zero-order valence-electron chi connectivity index (χ0n) is 19.3. The van der Waals surface area contributed by atoms with E-state index in [1.807, 2.05) is 24.3 Å². The van der Waals surface area contributed by atoms with Crippen LogP contribution in [0.1, 0.15) is 5.56 Å². The number of carbonyl (C=O) groups excluding carboxylic acids is 1. The maximum absolute atomic E-state index is 13.3. The molecule has 180 valence electrons. The van der Waals surface area contributed by atoms with Crippen molar-refractivity contribution in [1.29, 1.82) is 0 Å². The first-order valence-corrected chi connectivity index (χ1v) is 12.2. The molecule has 0 spiro atoms. The van der Waals surface area contributed by atoms with Crippen molar-refractivity contribution >= 4 is 40.2 Å². The molecule has 4 aromatic rings. The average Bonchev–Trinajstić information content (AvgIpc) is 2.88. The van der Waals surface area contributed by atoms with Crippen molar-refractivity contribution in [2.45, 2.75) is 11.6 Å². The van der Waals surface area contributed by atoms with Crippen LogP contribution in [-0.4, -0.2) is 42.0 Å². The van der Waals surface area contributed by atoms with Crippen molar-refractivity contribution in [2.24, 2.45) is 0 Å². The van der Waals surface area contributed by atoms with Gasteiger partial charge in [-0.15, -0.1) is 0 Å². The predicted molar refractivity (Wildman–Crippen MR) is 139 cm³/mol. The topological polar surface area (TPSA) is 82.5 Å². The van der Waals surface area contributed by atoms with Gasteiger partial charge < -0.3 is 14.8 Å². The third kappa shape index (κ3) is 5.78. The van der Waals surface area contributed by atoms with Crippen LogP contribution in [0.5, 0.6) is 11.5 Å². The lowest BCUT2D eigenvalue weighted by Gasteiger charge is -2.13. The molecule has 1 aromatic heterocycles. The van der Waals surface area contributed by atoms with Crippen molar-refractivity contribution in [1.82, 2.24) is 14.9 Å². The van der Waals surface area contributed by atoms with Gasteiger partial charge >= 0.3 is 0 Å². The Kier molecular flexibility index (Phi) is 7.94. The van der Waals surface area contributed by atoms with Crippen molar-refractivity contribution in [3.63, 3.8) is 0 Å².